The van der Waals surface area contributed by atoms with Gasteiger partial charge in [-0.15, -0.1) is 13.2 Å². The average molecular weight is 366 g/mol. The van der Waals surface area contributed by atoms with E-state index in [4.69, 9.17) is 10.5 Å². The topological polar surface area (TPSA) is 107 Å². The molecule has 0 spiro atoms. The van der Waals surface area contributed by atoms with Crippen molar-refractivity contribution in [3.8, 4) is 11.1 Å². The predicted molar refractivity (Wildman–Crippen MR) is 104 cm³/mol. The zero-order valence-corrected chi connectivity index (χ0v) is 15.1. The van der Waals surface area contributed by atoms with Gasteiger partial charge in [-0.1, -0.05) is 19.1 Å². The number of carbonyl (C=O) groups excluding carboxylic acids is 2. The van der Waals surface area contributed by atoms with Crippen LogP contribution in [0.2, 0.25) is 0 Å². The molecule has 2 atom stereocenters. The Morgan fingerprint density at radius 2 is 2.11 bits per heavy atom. The molecule has 0 saturated heterocycles. The minimum Gasteiger partial charge on any atom is -0.440 e. The standard InChI is InChI=1S/C20H22N4O3/c1-4-6-18(27-20(21)26)16-11-14(7-10-23-16)15-8-9-22-12-17(15)24-19(25)13(3)5-2/h4-5,7-13,18H,1-2,6H2,3H3,(H2,21,26)(H,24,25). The number of pyridine rings is 2. The van der Waals surface area contributed by atoms with Crippen molar-refractivity contribution in [3.05, 3.63) is 67.8 Å². The summed E-state index contributed by atoms with van der Waals surface area (Å²) in [6.45, 7) is 9.05. The maximum absolute atomic E-state index is 12.2. The van der Waals surface area contributed by atoms with Crippen molar-refractivity contribution in [1.29, 1.82) is 0 Å². The van der Waals surface area contributed by atoms with E-state index in [0.717, 1.165) is 11.1 Å². The summed E-state index contributed by atoms with van der Waals surface area (Å²) in [6.07, 6.45) is 6.84. The van der Waals surface area contributed by atoms with E-state index >= 15 is 0 Å². The average Bonchev–Trinajstić information content (AvgIpc) is 2.67. The highest BCUT2D eigenvalue weighted by Crippen LogP contribution is 2.30. The third-order valence-corrected chi connectivity index (χ3v) is 3.91. The van der Waals surface area contributed by atoms with Gasteiger partial charge in [-0.05, 0) is 23.8 Å². The van der Waals surface area contributed by atoms with Crippen LogP contribution in [0.1, 0.15) is 25.1 Å². The van der Waals surface area contributed by atoms with Gasteiger partial charge in [-0.2, -0.15) is 0 Å². The van der Waals surface area contributed by atoms with Gasteiger partial charge >= 0.3 is 6.09 Å². The lowest BCUT2D eigenvalue weighted by Crippen LogP contribution is -2.19. The van der Waals surface area contributed by atoms with Gasteiger partial charge in [0, 0.05) is 24.4 Å². The van der Waals surface area contributed by atoms with E-state index in [0.29, 0.717) is 17.8 Å². The molecular weight excluding hydrogens is 344 g/mol. The van der Waals surface area contributed by atoms with E-state index in [2.05, 4.69) is 28.4 Å². The zero-order valence-electron chi connectivity index (χ0n) is 15.1. The minimum absolute atomic E-state index is 0.185. The zero-order chi connectivity index (χ0) is 19.8. The molecule has 2 aromatic heterocycles. The third kappa shape index (κ3) is 5.24. The summed E-state index contributed by atoms with van der Waals surface area (Å²) in [5, 5.41) is 2.85. The van der Waals surface area contributed by atoms with Crippen molar-refractivity contribution in [2.45, 2.75) is 19.4 Å². The smallest absolute Gasteiger partial charge is 0.405 e. The minimum atomic E-state index is -0.885. The molecule has 2 amide bonds. The number of anilines is 1. The fourth-order valence-electron chi connectivity index (χ4n) is 2.41. The second-order valence-electron chi connectivity index (χ2n) is 5.85. The number of ether oxygens (including phenoxy) is 1. The van der Waals surface area contributed by atoms with Crippen molar-refractivity contribution in [3.63, 3.8) is 0 Å². The lowest BCUT2D eigenvalue weighted by molar-refractivity contribution is -0.118. The van der Waals surface area contributed by atoms with E-state index < -0.39 is 12.2 Å². The fraction of sp³-hybridized carbons (Fsp3) is 0.200. The molecule has 140 valence electrons. The molecule has 2 aromatic rings. The molecule has 2 rings (SSSR count). The number of aromatic nitrogens is 2. The number of nitrogens with zero attached hydrogens (tertiary/aromatic N) is 2. The molecule has 2 unspecified atom stereocenters. The van der Waals surface area contributed by atoms with Gasteiger partial charge < -0.3 is 15.8 Å². The summed E-state index contributed by atoms with van der Waals surface area (Å²) in [5.74, 6) is -0.526. The lowest BCUT2D eigenvalue weighted by atomic mass is 10.0. The Hall–Kier alpha value is -3.48. The van der Waals surface area contributed by atoms with Crippen molar-refractivity contribution in [2.75, 3.05) is 5.32 Å². The van der Waals surface area contributed by atoms with Crippen LogP contribution >= 0.6 is 0 Å². The van der Waals surface area contributed by atoms with E-state index in [1.807, 2.05) is 0 Å². The summed E-state index contributed by atoms with van der Waals surface area (Å²) in [7, 11) is 0. The Morgan fingerprint density at radius 1 is 1.33 bits per heavy atom. The number of carbonyl (C=O) groups is 2. The Labute approximate surface area is 158 Å². The number of hydrogen-bond acceptors (Lipinski definition) is 5. The molecule has 0 aromatic carbocycles. The van der Waals surface area contributed by atoms with Crippen LogP contribution in [0.5, 0.6) is 0 Å². The highest BCUT2D eigenvalue weighted by molar-refractivity contribution is 5.97. The Balaban J connectivity index is 2.39. The molecule has 0 aliphatic carbocycles. The Morgan fingerprint density at radius 3 is 2.78 bits per heavy atom. The van der Waals surface area contributed by atoms with Crippen LogP contribution in [0.25, 0.3) is 11.1 Å². The fourth-order valence-corrected chi connectivity index (χ4v) is 2.41. The molecular formula is C20H22N4O3. The monoisotopic (exact) mass is 366 g/mol. The second kappa shape index (κ2) is 9.28. The molecule has 3 N–H and O–H groups in total. The number of rotatable bonds is 8. The summed E-state index contributed by atoms with van der Waals surface area (Å²) in [6, 6.07) is 5.35. The van der Waals surface area contributed by atoms with Crippen LogP contribution in [-0.2, 0) is 9.53 Å². The Bertz CT molecular complexity index is 851. The van der Waals surface area contributed by atoms with Crippen LogP contribution in [0.15, 0.2) is 62.1 Å². The third-order valence-electron chi connectivity index (χ3n) is 3.91. The normalized spacial score (nSPS) is 12.5. The molecule has 0 aliphatic heterocycles. The van der Waals surface area contributed by atoms with Gasteiger partial charge in [-0.25, -0.2) is 4.79 Å². The highest BCUT2D eigenvalue weighted by Gasteiger charge is 2.17. The molecule has 2 heterocycles. The van der Waals surface area contributed by atoms with Crippen molar-refractivity contribution >= 4 is 17.7 Å². The maximum Gasteiger partial charge on any atom is 0.405 e. The van der Waals surface area contributed by atoms with Crippen LogP contribution in [0.4, 0.5) is 10.5 Å². The summed E-state index contributed by atoms with van der Waals surface area (Å²) < 4.78 is 5.12. The van der Waals surface area contributed by atoms with Crippen molar-refractivity contribution in [2.24, 2.45) is 11.7 Å². The van der Waals surface area contributed by atoms with Crippen molar-refractivity contribution < 1.29 is 14.3 Å². The van der Waals surface area contributed by atoms with Crippen LogP contribution in [-0.4, -0.2) is 22.0 Å². The lowest BCUT2D eigenvalue weighted by Gasteiger charge is -2.16. The first-order valence-corrected chi connectivity index (χ1v) is 8.37. The molecule has 0 aliphatic rings. The number of nitrogens with two attached hydrogens (primary N) is 1. The molecule has 7 nitrogen and oxygen atoms in total. The molecule has 0 fully saturated rings. The summed E-state index contributed by atoms with van der Waals surface area (Å²) in [4.78, 5) is 31.7. The summed E-state index contributed by atoms with van der Waals surface area (Å²) in [5.41, 5.74) is 7.77. The Kier molecular flexibility index (Phi) is 6.82. The predicted octanol–water partition coefficient (Wildman–Crippen LogP) is 3.62. The van der Waals surface area contributed by atoms with Crippen LogP contribution in [0, 0.1) is 5.92 Å². The number of nitrogens with one attached hydrogen (secondary N) is 1. The van der Waals surface area contributed by atoms with E-state index in [9.17, 15) is 9.59 Å². The van der Waals surface area contributed by atoms with E-state index in [-0.39, 0.29) is 11.8 Å². The van der Waals surface area contributed by atoms with Gasteiger partial charge in [0.1, 0.15) is 6.10 Å². The van der Waals surface area contributed by atoms with Gasteiger partial charge in [0.2, 0.25) is 5.91 Å². The molecule has 0 bridgehead atoms. The quantitative estimate of drug-likeness (QED) is 0.694. The molecule has 0 radical (unpaired) electrons. The molecule has 0 saturated carbocycles. The largest absolute Gasteiger partial charge is 0.440 e. The number of amides is 2. The SMILES string of the molecule is C=CCC(OC(N)=O)c1cc(-c2ccncc2NC(=O)C(C)C=C)ccn1. The molecule has 27 heavy (non-hydrogen) atoms. The maximum atomic E-state index is 12.2. The van der Waals surface area contributed by atoms with Gasteiger partial charge in [0.15, 0.2) is 0 Å². The van der Waals surface area contributed by atoms with E-state index in [1.165, 1.54) is 0 Å². The first-order chi connectivity index (χ1) is 13.0. The van der Waals surface area contributed by atoms with Gasteiger partial charge in [-0.3, -0.25) is 14.8 Å². The first kappa shape index (κ1) is 19.8. The van der Waals surface area contributed by atoms with E-state index in [1.54, 1.807) is 55.9 Å². The first-order valence-electron chi connectivity index (χ1n) is 8.37. The highest BCUT2D eigenvalue weighted by atomic mass is 16.6. The number of primary amides is 1. The van der Waals surface area contributed by atoms with Crippen LogP contribution < -0.4 is 11.1 Å². The summed E-state index contributed by atoms with van der Waals surface area (Å²) >= 11 is 0. The molecule has 7 heteroatoms. The van der Waals surface area contributed by atoms with Gasteiger partial charge in [0.05, 0.1) is 23.5 Å². The van der Waals surface area contributed by atoms with Crippen LogP contribution in [0.3, 0.4) is 0 Å². The van der Waals surface area contributed by atoms with Gasteiger partial charge in [0.25, 0.3) is 0 Å². The second-order valence-corrected chi connectivity index (χ2v) is 5.85. The van der Waals surface area contributed by atoms with Crippen molar-refractivity contribution in [1.82, 2.24) is 9.97 Å². The number of hydrogen-bond donors (Lipinski definition) is 2.